The first-order valence-corrected chi connectivity index (χ1v) is 11.3. The minimum absolute atomic E-state index is 0.0190. The third-order valence-electron chi connectivity index (χ3n) is 8.39. The zero-order valence-electron chi connectivity index (χ0n) is 17.7. The van der Waals surface area contributed by atoms with Crippen LogP contribution in [-0.4, -0.2) is 24.1 Å². The van der Waals surface area contributed by atoms with Crippen molar-refractivity contribution in [3.8, 4) is 0 Å². The van der Waals surface area contributed by atoms with Crippen LogP contribution < -0.4 is 0 Å². The Hall–Kier alpha value is -1.06. The molecule has 4 nitrogen and oxygen atoms in total. The van der Waals surface area contributed by atoms with Gasteiger partial charge in [-0.15, -0.1) is 0 Å². The molecule has 154 valence electrons. The van der Waals surface area contributed by atoms with Gasteiger partial charge in [0, 0.05) is 0 Å². The van der Waals surface area contributed by atoms with E-state index in [9.17, 15) is 9.59 Å². The second kappa shape index (κ2) is 8.53. The molecule has 5 unspecified atom stereocenters. The molecule has 3 aliphatic rings. The van der Waals surface area contributed by atoms with Gasteiger partial charge in [0.1, 0.15) is 5.60 Å². The van der Waals surface area contributed by atoms with Crippen LogP contribution in [0, 0.1) is 35.5 Å². The summed E-state index contributed by atoms with van der Waals surface area (Å²) in [6.07, 6.45) is 9.73. The average Bonchev–Trinajstić information content (AvgIpc) is 3.25. The van der Waals surface area contributed by atoms with Crippen LogP contribution in [0.4, 0.5) is 0 Å². The van der Waals surface area contributed by atoms with Gasteiger partial charge in [0.15, 0.2) is 6.61 Å². The molecule has 3 rings (SSSR count). The normalized spacial score (nSPS) is 33.9. The van der Waals surface area contributed by atoms with E-state index < -0.39 is 0 Å². The maximum atomic E-state index is 12.6. The third kappa shape index (κ3) is 4.05. The van der Waals surface area contributed by atoms with Gasteiger partial charge in [-0.05, 0) is 68.1 Å². The summed E-state index contributed by atoms with van der Waals surface area (Å²) in [6, 6.07) is 0. The first kappa shape index (κ1) is 20.7. The Balaban J connectivity index is 1.52. The zero-order valence-corrected chi connectivity index (χ0v) is 17.7. The summed E-state index contributed by atoms with van der Waals surface area (Å²) in [7, 11) is 0. The molecule has 0 aromatic carbocycles. The van der Waals surface area contributed by atoms with Crippen LogP contribution in [0.3, 0.4) is 0 Å². The molecular weight excluding hydrogens is 340 g/mol. The van der Waals surface area contributed by atoms with Crippen molar-refractivity contribution in [2.75, 3.05) is 6.61 Å². The Morgan fingerprint density at radius 3 is 2.19 bits per heavy atom. The maximum absolute atomic E-state index is 12.6. The summed E-state index contributed by atoms with van der Waals surface area (Å²) in [5.41, 5.74) is -0.389. The van der Waals surface area contributed by atoms with Gasteiger partial charge in [0.05, 0.1) is 5.92 Å². The molecule has 3 fully saturated rings. The lowest BCUT2D eigenvalue weighted by atomic mass is 9.74. The van der Waals surface area contributed by atoms with Gasteiger partial charge in [-0.1, -0.05) is 47.0 Å². The van der Waals surface area contributed by atoms with Crippen molar-refractivity contribution in [2.45, 2.75) is 91.1 Å². The molecule has 0 N–H and O–H groups in total. The molecule has 27 heavy (non-hydrogen) atoms. The van der Waals surface area contributed by atoms with Gasteiger partial charge in [-0.3, -0.25) is 4.79 Å². The van der Waals surface area contributed by atoms with Crippen molar-refractivity contribution in [1.29, 1.82) is 0 Å². The Labute approximate surface area is 164 Å². The van der Waals surface area contributed by atoms with Crippen LogP contribution in [0.2, 0.25) is 0 Å². The predicted molar refractivity (Wildman–Crippen MR) is 105 cm³/mol. The molecule has 0 radical (unpaired) electrons. The van der Waals surface area contributed by atoms with Crippen molar-refractivity contribution in [3.05, 3.63) is 0 Å². The minimum Gasteiger partial charge on any atom is -0.456 e. The Kier molecular flexibility index (Phi) is 6.53. The van der Waals surface area contributed by atoms with Crippen molar-refractivity contribution >= 4 is 11.9 Å². The maximum Gasteiger partial charge on any atom is 0.344 e. The zero-order chi connectivity index (χ0) is 19.6. The van der Waals surface area contributed by atoms with E-state index in [1.807, 2.05) is 0 Å². The van der Waals surface area contributed by atoms with Gasteiger partial charge in [0.2, 0.25) is 0 Å². The van der Waals surface area contributed by atoms with Crippen LogP contribution >= 0.6 is 0 Å². The fourth-order valence-electron chi connectivity index (χ4n) is 6.39. The van der Waals surface area contributed by atoms with Crippen molar-refractivity contribution < 1.29 is 19.1 Å². The summed E-state index contributed by atoms with van der Waals surface area (Å²) in [6.45, 7) is 8.54. The van der Waals surface area contributed by atoms with Gasteiger partial charge in [0.25, 0.3) is 0 Å². The summed E-state index contributed by atoms with van der Waals surface area (Å²) >= 11 is 0. The van der Waals surface area contributed by atoms with Gasteiger partial charge >= 0.3 is 11.9 Å². The lowest BCUT2D eigenvalue weighted by Crippen LogP contribution is -2.43. The third-order valence-corrected chi connectivity index (χ3v) is 8.39. The summed E-state index contributed by atoms with van der Waals surface area (Å²) in [5, 5.41) is 0. The van der Waals surface area contributed by atoms with E-state index in [2.05, 4.69) is 27.7 Å². The first-order chi connectivity index (χ1) is 12.9. The largest absolute Gasteiger partial charge is 0.456 e. The molecule has 4 heteroatoms. The second-order valence-corrected chi connectivity index (χ2v) is 9.41. The van der Waals surface area contributed by atoms with Crippen molar-refractivity contribution in [2.24, 2.45) is 35.5 Å². The fraction of sp³-hybridized carbons (Fsp3) is 0.913. The van der Waals surface area contributed by atoms with E-state index in [0.717, 1.165) is 38.5 Å². The molecule has 5 atom stereocenters. The highest BCUT2D eigenvalue weighted by Crippen LogP contribution is 2.55. The molecule has 0 aliphatic heterocycles. The van der Waals surface area contributed by atoms with Crippen LogP contribution in [-0.2, 0) is 19.1 Å². The van der Waals surface area contributed by atoms with Crippen LogP contribution in [0.5, 0.6) is 0 Å². The molecule has 3 aliphatic carbocycles. The molecule has 0 heterocycles. The quantitative estimate of drug-likeness (QED) is 0.576. The van der Waals surface area contributed by atoms with Crippen LogP contribution in [0.25, 0.3) is 0 Å². The van der Waals surface area contributed by atoms with Gasteiger partial charge < -0.3 is 9.47 Å². The fourth-order valence-corrected chi connectivity index (χ4v) is 6.39. The minimum atomic E-state index is -0.389. The number of fused-ring (bicyclic) bond motifs is 2. The number of carbonyl (C=O) groups is 2. The molecular formula is C23H38O4. The number of rotatable bonds is 7. The number of carbonyl (C=O) groups excluding carboxylic acids is 2. The Bertz CT molecular complexity index is 530. The summed E-state index contributed by atoms with van der Waals surface area (Å²) in [4.78, 5) is 25.1. The number of hydrogen-bond acceptors (Lipinski definition) is 4. The molecule has 3 saturated carbocycles. The van der Waals surface area contributed by atoms with E-state index in [1.165, 1.54) is 19.3 Å². The first-order valence-electron chi connectivity index (χ1n) is 11.3. The second-order valence-electron chi connectivity index (χ2n) is 9.41. The lowest BCUT2D eigenvalue weighted by molar-refractivity contribution is -0.179. The Morgan fingerprint density at radius 1 is 0.963 bits per heavy atom. The number of esters is 2. The Morgan fingerprint density at radius 2 is 1.63 bits per heavy atom. The van der Waals surface area contributed by atoms with Gasteiger partial charge in [-0.2, -0.15) is 0 Å². The van der Waals surface area contributed by atoms with E-state index in [-0.39, 0.29) is 30.1 Å². The molecule has 0 spiro atoms. The standard InChI is InChI=1S/C23H38O4/c1-5-23(6-2,18-10-8-7-9-11-18)27-21(24)14-26-22(25)20-13-17-12-19(20)16(4)15(17)3/h15-20H,5-14H2,1-4H3. The summed E-state index contributed by atoms with van der Waals surface area (Å²) in [5.74, 6) is 2.22. The van der Waals surface area contributed by atoms with Crippen molar-refractivity contribution in [3.63, 3.8) is 0 Å². The van der Waals surface area contributed by atoms with E-state index in [0.29, 0.717) is 29.6 Å². The van der Waals surface area contributed by atoms with Crippen molar-refractivity contribution in [1.82, 2.24) is 0 Å². The smallest absolute Gasteiger partial charge is 0.344 e. The molecule has 0 saturated heterocycles. The lowest BCUT2D eigenvalue weighted by Gasteiger charge is -2.41. The topological polar surface area (TPSA) is 52.6 Å². The highest BCUT2D eigenvalue weighted by Gasteiger charge is 2.51. The number of hydrogen-bond donors (Lipinski definition) is 0. The van der Waals surface area contributed by atoms with E-state index in [4.69, 9.17) is 9.47 Å². The van der Waals surface area contributed by atoms with E-state index >= 15 is 0 Å². The monoisotopic (exact) mass is 378 g/mol. The summed E-state index contributed by atoms with van der Waals surface area (Å²) < 4.78 is 11.4. The predicted octanol–water partition coefficient (Wildman–Crippen LogP) is 5.14. The highest BCUT2D eigenvalue weighted by atomic mass is 16.6. The average molecular weight is 379 g/mol. The van der Waals surface area contributed by atoms with Crippen LogP contribution in [0.1, 0.15) is 85.5 Å². The highest BCUT2D eigenvalue weighted by molar-refractivity contribution is 5.78. The SMILES string of the molecule is CCC(CC)(OC(=O)COC(=O)C1CC2CC1C(C)C2C)C1CCCCC1. The van der Waals surface area contributed by atoms with Gasteiger partial charge in [-0.25, -0.2) is 4.79 Å². The molecule has 0 aromatic rings. The molecule has 2 bridgehead atoms. The molecule has 0 aromatic heterocycles. The number of ether oxygens (including phenoxy) is 2. The van der Waals surface area contributed by atoms with E-state index in [1.54, 1.807) is 0 Å². The van der Waals surface area contributed by atoms with Crippen LogP contribution in [0.15, 0.2) is 0 Å². The molecule has 0 amide bonds.